The monoisotopic (exact) mass is 198 g/mol. The molecule has 3 rings (SSSR count). The molecule has 3 aromatic rings. The minimum absolute atomic E-state index is 0. The summed E-state index contributed by atoms with van der Waals surface area (Å²) in [5, 5.41) is 2.63. The van der Waals surface area contributed by atoms with Crippen LogP contribution in [-0.4, -0.2) is 0 Å². The number of hydrogen-bond donors (Lipinski definition) is 0. The first kappa shape index (κ1) is 11.1. The van der Waals surface area contributed by atoms with Gasteiger partial charge in [0.05, 0.1) is 0 Å². The normalized spacial score (nSPS) is 10.0. The van der Waals surface area contributed by atoms with Gasteiger partial charge in [-0.15, -0.1) is 34.5 Å². The molecule has 0 N–H and O–H groups in total. The average molecular weight is 198 g/mol. The number of rotatable bonds is 1. The van der Waals surface area contributed by atoms with Crippen molar-refractivity contribution in [2.45, 2.75) is 0 Å². The fourth-order valence-corrected chi connectivity index (χ4v) is 1.95. The van der Waals surface area contributed by atoms with Crippen LogP contribution in [0.1, 0.15) is 0 Å². The van der Waals surface area contributed by atoms with Gasteiger partial charge in [0, 0.05) is 0 Å². The van der Waals surface area contributed by atoms with Crippen molar-refractivity contribution in [2.75, 3.05) is 0 Å². The van der Waals surface area contributed by atoms with Crippen molar-refractivity contribution in [2.24, 2.45) is 0 Å². The molecule has 72 valence electrons. The van der Waals surface area contributed by atoms with Gasteiger partial charge in [-0.05, 0) is 0 Å². The minimum atomic E-state index is 0. The maximum Gasteiger partial charge on any atom is 1.00 e. The van der Waals surface area contributed by atoms with Gasteiger partial charge in [0.2, 0.25) is 0 Å². The van der Waals surface area contributed by atoms with Gasteiger partial charge < -0.3 is 0 Å². The Labute approximate surface area is 107 Å². The van der Waals surface area contributed by atoms with Crippen molar-refractivity contribution in [1.82, 2.24) is 0 Å². The Balaban J connectivity index is 0.000000963. The van der Waals surface area contributed by atoms with Gasteiger partial charge in [-0.25, -0.2) is 0 Å². The second kappa shape index (κ2) is 4.66. The number of fused-ring (bicyclic) bond motifs is 1. The van der Waals surface area contributed by atoms with Crippen LogP contribution >= 0.6 is 0 Å². The average Bonchev–Trinajstić information content (AvgIpc) is 2.74. The molecule has 0 aliphatic carbocycles. The van der Waals surface area contributed by atoms with E-state index in [-0.39, 0.29) is 18.9 Å². The van der Waals surface area contributed by atoms with Gasteiger partial charge in [0.1, 0.15) is 0 Å². The van der Waals surface area contributed by atoms with Gasteiger partial charge in [0.25, 0.3) is 0 Å². The summed E-state index contributed by atoms with van der Waals surface area (Å²) >= 11 is 0. The van der Waals surface area contributed by atoms with E-state index in [9.17, 15) is 0 Å². The summed E-state index contributed by atoms with van der Waals surface area (Å²) in [6, 6.07) is 23.4. The molecule has 0 bridgehead atoms. The maximum absolute atomic E-state index is 2.24. The molecular weight excluding hydrogens is 187 g/mol. The molecule has 0 aliphatic rings. The molecule has 0 aromatic heterocycles. The third kappa shape index (κ3) is 1.95. The van der Waals surface area contributed by atoms with Gasteiger partial charge in [-0.2, -0.15) is 0 Å². The SMILES string of the molecule is [Li+].c1ccc(-c2cc3ccccc3[cH-]2)cc1. The molecule has 0 unspecified atom stereocenters. The van der Waals surface area contributed by atoms with E-state index < -0.39 is 0 Å². The van der Waals surface area contributed by atoms with Crippen LogP contribution in [0.3, 0.4) is 0 Å². The Bertz CT molecular complexity index is 545. The van der Waals surface area contributed by atoms with Gasteiger partial charge in [0.15, 0.2) is 0 Å². The Kier molecular flexibility index (Phi) is 3.24. The molecular formula is C15H11Li. The summed E-state index contributed by atoms with van der Waals surface area (Å²) in [6.07, 6.45) is 0. The van der Waals surface area contributed by atoms with E-state index in [1.54, 1.807) is 0 Å². The van der Waals surface area contributed by atoms with E-state index in [1.807, 2.05) is 6.07 Å². The quantitative estimate of drug-likeness (QED) is 0.407. The smallest absolute Gasteiger partial charge is 0.145 e. The second-order valence-corrected chi connectivity index (χ2v) is 3.74. The summed E-state index contributed by atoms with van der Waals surface area (Å²) < 4.78 is 0. The van der Waals surface area contributed by atoms with Gasteiger partial charge in [-0.1, -0.05) is 54.1 Å². The molecule has 16 heavy (non-hydrogen) atoms. The molecule has 3 aromatic carbocycles. The van der Waals surface area contributed by atoms with Crippen molar-refractivity contribution in [1.29, 1.82) is 0 Å². The van der Waals surface area contributed by atoms with E-state index in [0.29, 0.717) is 0 Å². The van der Waals surface area contributed by atoms with E-state index in [1.165, 1.54) is 21.9 Å². The topological polar surface area (TPSA) is 0 Å². The molecule has 0 radical (unpaired) electrons. The number of hydrogen-bond acceptors (Lipinski definition) is 0. The van der Waals surface area contributed by atoms with E-state index in [0.717, 1.165) is 0 Å². The summed E-state index contributed by atoms with van der Waals surface area (Å²) in [7, 11) is 0. The summed E-state index contributed by atoms with van der Waals surface area (Å²) in [5.74, 6) is 0. The van der Waals surface area contributed by atoms with Crippen LogP contribution in [0.4, 0.5) is 0 Å². The van der Waals surface area contributed by atoms with Crippen LogP contribution in [0.25, 0.3) is 21.9 Å². The fraction of sp³-hybridized carbons (Fsp3) is 0. The zero-order valence-electron chi connectivity index (χ0n) is 9.35. The Morgan fingerprint density at radius 3 is 2.19 bits per heavy atom. The predicted octanol–water partition coefficient (Wildman–Crippen LogP) is 1.23. The molecule has 0 aliphatic heterocycles. The van der Waals surface area contributed by atoms with E-state index >= 15 is 0 Å². The van der Waals surface area contributed by atoms with Crippen molar-refractivity contribution in [3.05, 3.63) is 66.7 Å². The van der Waals surface area contributed by atoms with Crippen LogP contribution in [-0.2, 0) is 0 Å². The molecule has 0 fully saturated rings. The summed E-state index contributed by atoms with van der Waals surface area (Å²) in [5.41, 5.74) is 2.59. The Morgan fingerprint density at radius 1 is 0.750 bits per heavy atom. The molecule has 0 spiro atoms. The van der Waals surface area contributed by atoms with Crippen LogP contribution in [0.15, 0.2) is 66.7 Å². The van der Waals surface area contributed by atoms with Crippen LogP contribution in [0, 0.1) is 0 Å². The molecule has 0 amide bonds. The Hall–Kier alpha value is -1.35. The summed E-state index contributed by atoms with van der Waals surface area (Å²) in [4.78, 5) is 0. The zero-order valence-corrected chi connectivity index (χ0v) is 9.35. The first-order valence-electron chi connectivity index (χ1n) is 5.14. The van der Waals surface area contributed by atoms with Crippen LogP contribution in [0.5, 0.6) is 0 Å². The second-order valence-electron chi connectivity index (χ2n) is 3.74. The van der Waals surface area contributed by atoms with E-state index in [2.05, 4.69) is 60.7 Å². The van der Waals surface area contributed by atoms with Gasteiger partial charge in [-0.3, -0.25) is 0 Å². The number of benzene rings is 2. The van der Waals surface area contributed by atoms with Crippen LogP contribution in [0.2, 0.25) is 0 Å². The molecule has 0 heterocycles. The first-order chi connectivity index (χ1) is 7.43. The van der Waals surface area contributed by atoms with Gasteiger partial charge >= 0.3 is 18.9 Å². The molecule has 0 saturated carbocycles. The molecule has 1 heteroatoms. The fourth-order valence-electron chi connectivity index (χ4n) is 1.95. The van der Waals surface area contributed by atoms with E-state index in [4.69, 9.17) is 0 Å². The first-order valence-corrected chi connectivity index (χ1v) is 5.14. The third-order valence-corrected chi connectivity index (χ3v) is 2.73. The maximum atomic E-state index is 2.24. The third-order valence-electron chi connectivity index (χ3n) is 2.73. The largest absolute Gasteiger partial charge is 1.00 e. The standard InChI is InChI=1S/C15H11.Li/c1-2-6-12(7-3-1)15-10-13-8-4-5-9-14(13)11-15;/h1-11H;/q-1;+1. The summed E-state index contributed by atoms with van der Waals surface area (Å²) in [6.45, 7) is 0. The molecule has 0 nitrogen and oxygen atoms in total. The molecule has 0 atom stereocenters. The molecule has 0 saturated heterocycles. The van der Waals surface area contributed by atoms with Crippen LogP contribution < -0.4 is 18.9 Å². The van der Waals surface area contributed by atoms with Crippen molar-refractivity contribution in [3.8, 4) is 11.1 Å². The minimum Gasteiger partial charge on any atom is -0.145 e. The Morgan fingerprint density at radius 2 is 1.44 bits per heavy atom. The van der Waals surface area contributed by atoms with Crippen molar-refractivity contribution >= 4 is 10.8 Å². The predicted molar refractivity (Wildman–Crippen MR) is 65.0 cm³/mol. The van der Waals surface area contributed by atoms with Crippen molar-refractivity contribution < 1.29 is 18.9 Å². The van der Waals surface area contributed by atoms with Crippen molar-refractivity contribution in [3.63, 3.8) is 0 Å². The zero-order chi connectivity index (χ0) is 10.1.